The summed E-state index contributed by atoms with van der Waals surface area (Å²) in [6.45, 7) is 0. The number of carbonyl (C=O) groups is 2. The topological polar surface area (TPSA) is 79.2 Å². The standard InChI is InChI=1S/C25H24N2O3/c26-18-23(22-16-15-19-9-7-8-12-21(19)17-22)13-5-2-6-14-24(28)27-30-25(29)20-10-3-1-4-11-20/h1,3-4,7-12,15-17,23H,2,5-6,13-14H2,(H,27,28). The third-order valence-electron chi connectivity index (χ3n) is 5.00. The van der Waals surface area contributed by atoms with Crippen LogP contribution in [0.15, 0.2) is 72.8 Å². The van der Waals surface area contributed by atoms with Crippen LogP contribution in [-0.2, 0) is 9.63 Å². The number of amides is 1. The number of nitrogens with zero attached hydrogens (tertiary/aromatic N) is 1. The minimum atomic E-state index is -0.587. The number of fused-ring (bicyclic) bond motifs is 1. The van der Waals surface area contributed by atoms with Crippen LogP contribution in [0.3, 0.4) is 0 Å². The third-order valence-corrected chi connectivity index (χ3v) is 5.00. The molecule has 3 rings (SSSR count). The number of hydroxylamine groups is 1. The van der Waals surface area contributed by atoms with Gasteiger partial charge in [0.15, 0.2) is 0 Å². The van der Waals surface area contributed by atoms with Crippen molar-refractivity contribution in [2.45, 2.75) is 38.0 Å². The van der Waals surface area contributed by atoms with E-state index < -0.39 is 5.97 Å². The predicted molar refractivity (Wildman–Crippen MR) is 115 cm³/mol. The normalized spacial score (nSPS) is 11.4. The van der Waals surface area contributed by atoms with Crippen molar-refractivity contribution in [3.8, 4) is 6.07 Å². The maximum absolute atomic E-state index is 11.8. The van der Waals surface area contributed by atoms with Gasteiger partial charge in [-0.3, -0.25) is 4.79 Å². The quantitative estimate of drug-likeness (QED) is 0.412. The summed E-state index contributed by atoms with van der Waals surface area (Å²) >= 11 is 0. The summed E-state index contributed by atoms with van der Waals surface area (Å²) in [4.78, 5) is 28.4. The summed E-state index contributed by atoms with van der Waals surface area (Å²) in [7, 11) is 0. The molecule has 0 aromatic heterocycles. The van der Waals surface area contributed by atoms with E-state index in [9.17, 15) is 14.9 Å². The average molecular weight is 400 g/mol. The van der Waals surface area contributed by atoms with Crippen molar-refractivity contribution in [3.63, 3.8) is 0 Å². The van der Waals surface area contributed by atoms with Crippen molar-refractivity contribution in [1.82, 2.24) is 5.48 Å². The van der Waals surface area contributed by atoms with Crippen LogP contribution in [0.25, 0.3) is 10.8 Å². The van der Waals surface area contributed by atoms with Crippen LogP contribution < -0.4 is 5.48 Å². The van der Waals surface area contributed by atoms with E-state index in [1.807, 2.05) is 18.2 Å². The molecule has 1 amide bonds. The number of hydrogen-bond acceptors (Lipinski definition) is 4. The van der Waals surface area contributed by atoms with Gasteiger partial charge in [-0.2, -0.15) is 10.7 Å². The Morgan fingerprint density at radius 3 is 2.40 bits per heavy atom. The molecule has 0 bridgehead atoms. The number of benzene rings is 3. The van der Waals surface area contributed by atoms with Crippen LogP contribution in [-0.4, -0.2) is 11.9 Å². The SMILES string of the molecule is N#CC(CCCCCC(=O)NOC(=O)c1ccccc1)c1ccc2ccccc2c1. The molecule has 0 heterocycles. The Balaban J connectivity index is 1.37. The van der Waals surface area contributed by atoms with E-state index in [4.69, 9.17) is 4.84 Å². The molecular weight excluding hydrogens is 376 g/mol. The number of nitrogens with one attached hydrogen (secondary N) is 1. The maximum atomic E-state index is 11.8. The summed E-state index contributed by atoms with van der Waals surface area (Å²) in [5, 5.41) is 11.8. The molecule has 30 heavy (non-hydrogen) atoms. The molecule has 0 fully saturated rings. The van der Waals surface area contributed by atoms with Crippen LogP contribution >= 0.6 is 0 Å². The zero-order valence-corrected chi connectivity index (χ0v) is 16.7. The lowest BCUT2D eigenvalue weighted by atomic mass is 9.92. The lowest BCUT2D eigenvalue weighted by Gasteiger charge is -2.10. The van der Waals surface area contributed by atoms with E-state index in [1.165, 1.54) is 0 Å². The molecule has 0 spiro atoms. The lowest BCUT2D eigenvalue weighted by Crippen LogP contribution is -2.26. The highest BCUT2D eigenvalue weighted by molar-refractivity contribution is 5.90. The monoisotopic (exact) mass is 400 g/mol. The van der Waals surface area contributed by atoms with Gasteiger partial charge in [-0.05, 0) is 47.4 Å². The number of unbranched alkanes of at least 4 members (excludes halogenated alkanes) is 2. The summed E-state index contributed by atoms with van der Waals surface area (Å²) in [6.07, 6.45) is 3.37. The molecular formula is C25H24N2O3. The first kappa shape index (κ1) is 21.1. The summed E-state index contributed by atoms with van der Waals surface area (Å²) in [6, 6.07) is 25.1. The molecule has 152 valence electrons. The Kier molecular flexibility index (Phi) is 7.57. The summed E-state index contributed by atoms with van der Waals surface area (Å²) in [5.41, 5.74) is 3.61. The van der Waals surface area contributed by atoms with Gasteiger partial charge in [0.2, 0.25) is 0 Å². The molecule has 0 aliphatic rings. The molecule has 5 nitrogen and oxygen atoms in total. The van der Waals surface area contributed by atoms with Gasteiger partial charge >= 0.3 is 5.97 Å². The molecule has 1 N–H and O–H groups in total. The van der Waals surface area contributed by atoms with Gasteiger partial charge in [0.25, 0.3) is 5.91 Å². The lowest BCUT2D eigenvalue weighted by molar-refractivity contribution is -0.130. The predicted octanol–water partition coefficient (Wildman–Crippen LogP) is 5.29. The van der Waals surface area contributed by atoms with Crippen molar-refractivity contribution in [1.29, 1.82) is 5.26 Å². The van der Waals surface area contributed by atoms with Crippen molar-refractivity contribution in [2.24, 2.45) is 0 Å². The van der Waals surface area contributed by atoms with E-state index in [2.05, 4.69) is 35.8 Å². The molecule has 0 aliphatic carbocycles. The van der Waals surface area contributed by atoms with Gasteiger partial charge in [0, 0.05) is 6.42 Å². The third kappa shape index (κ3) is 5.92. The second-order valence-corrected chi connectivity index (χ2v) is 7.17. The van der Waals surface area contributed by atoms with Crippen LogP contribution in [0.1, 0.15) is 53.9 Å². The van der Waals surface area contributed by atoms with Gasteiger partial charge in [-0.25, -0.2) is 4.79 Å². The zero-order valence-electron chi connectivity index (χ0n) is 16.7. The molecule has 3 aromatic rings. The largest absolute Gasteiger partial charge is 0.362 e. The number of carbonyl (C=O) groups excluding carboxylic acids is 2. The van der Waals surface area contributed by atoms with E-state index in [1.54, 1.807) is 30.3 Å². The Hall–Kier alpha value is -3.65. The van der Waals surface area contributed by atoms with E-state index >= 15 is 0 Å². The molecule has 1 unspecified atom stereocenters. The van der Waals surface area contributed by atoms with Gasteiger partial charge in [0.05, 0.1) is 17.6 Å². The molecule has 3 aromatic carbocycles. The van der Waals surface area contributed by atoms with Gasteiger partial charge < -0.3 is 4.84 Å². The highest BCUT2D eigenvalue weighted by atomic mass is 16.7. The summed E-state index contributed by atoms with van der Waals surface area (Å²) in [5.74, 6) is -1.07. The second-order valence-electron chi connectivity index (χ2n) is 7.17. The molecule has 1 atom stereocenters. The van der Waals surface area contributed by atoms with E-state index in [-0.39, 0.29) is 18.2 Å². The molecule has 0 saturated heterocycles. The fourth-order valence-corrected chi connectivity index (χ4v) is 3.33. The van der Waals surface area contributed by atoms with Crippen molar-refractivity contribution >= 4 is 22.6 Å². The second kappa shape index (κ2) is 10.8. The van der Waals surface area contributed by atoms with Crippen molar-refractivity contribution in [3.05, 3.63) is 83.9 Å². The van der Waals surface area contributed by atoms with Gasteiger partial charge in [-0.15, -0.1) is 0 Å². The number of rotatable bonds is 8. The van der Waals surface area contributed by atoms with Crippen LogP contribution in [0.4, 0.5) is 0 Å². The minimum absolute atomic E-state index is 0.157. The van der Waals surface area contributed by atoms with Gasteiger partial charge in [-0.1, -0.05) is 67.4 Å². The molecule has 0 saturated carbocycles. The Morgan fingerprint density at radius 2 is 1.63 bits per heavy atom. The molecule has 5 heteroatoms. The fourth-order valence-electron chi connectivity index (χ4n) is 3.33. The van der Waals surface area contributed by atoms with Gasteiger partial charge in [0.1, 0.15) is 0 Å². The Bertz CT molecular complexity index is 1040. The smallest absolute Gasteiger partial charge is 0.335 e. The highest BCUT2D eigenvalue weighted by Gasteiger charge is 2.12. The van der Waals surface area contributed by atoms with E-state index in [0.717, 1.165) is 35.6 Å². The highest BCUT2D eigenvalue weighted by Crippen LogP contribution is 2.25. The Labute approximate surface area is 176 Å². The van der Waals surface area contributed by atoms with E-state index in [0.29, 0.717) is 12.0 Å². The fraction of sp³-hybridized carbons (Fsp3) is 0.240. The maximum Gasteiger partial charge on any atom is 0.362 e. The first-order chi connectivity index (χ1) is 14.7. The number of hydrogen-bond donors (Lipinski definition) is 1. The van der Waals surface area contributed by atoms with Crippen LogP contribution in [0.5, 0.6) is 0 Å². The van der Waals surface area contributed by atoms with Crippen molar-refractivity contribution < 1.29 is 14.4 Å². The Morgan fingerprint density at radius 1 is 0.900 bits per heavy atom. The first-order valence-corrected chi connectivity index (χ1v) is 10.1. The zero-order chi connectivity index (χ0) is 21.2. The molecule has 0 radical (unpaired) electrons. The summed E-state index contributed by atoms with van der Waals surface area (Å²) < 4.78 is 0. The first-order valence-electron chi connectivity index (χ1n) is 10.1. The van der Waals surface area contributed by atoms with Crippen LogP contribution in [0.2, 0.25) is 0 Å². The van der Waals surface area contributed by atoms with Crippen LogP contribution in [0, 0.1) is 11.3 Å². The average Bonchev–Trinajstić information content (AvgIpc) is 2.80. The molecule has 0 aliphatic heterocycles. The number of nitriles is 1. The van der Waals surface area contributed by atoms with Crippen molar-refractivity contribution in [2.75, 3.05) is 0 Å². The minimum Gasteiger partial charge on any atom is -0.335 e.